The lowest BCUT2D eigenvalue weighted by molar-refractivity contribution is -0.126. The Morgan fingerprint density at radius 2 is 2.19 bits per heavy atom. The number of unbranched alkanes of at least 4 members (excludes halogenated alkanes) is 1. The molecule has 2 rings (SSSR count). The van der Waals surface area contributed by atoms with Crippen molar-refractivity contribution in [1.29, 1.82) is 0 Å². The Balaban J connectivity index is 1.67. The molecule has 0 radical (unpaired) electrons. The molecule has 1 aromatic rings. The third-order valence-corrected chi connectivity index (χ3v) is 5.50. The number of carbonyl (C=O) groups is 1. The van der Waals surface area contributed by atoms with Crippen molar-refractivity contribution in [1.82, 2.24) is 5.32 Å². The molecule has 0 bridgehead atoms. The largest absolute Gasteiger partial charge is 0.386 e. The summed E-state index contributed by atoms with van der Waals surface area (Å²) in [5.74, 6) is 1.10. The van der Waals surface area contributed by atoms with Crippen LogP contribution < -0.4 is 5.32 Å². The Bertz CT molecular complexity index is 410. The number of hydrogen-bond donors (Lipinski definition) is 2. The molecule has 1 aliphatic carbocycles. The Morgan fingerprint density at radius 1 is 1.43 bits per heavy atom. The maximum atomic E-state index is 12.2. The van der Waals surface area contributed by atoms with E-state index in [0.29, 0.717) is 6.54 Å². The minimum Gasteiger partial charge on any atom is -0.386 e. The zero-order chi connectivity index (χ0) is 15.1. The minimum absolute atomic E-state index is 0.125. The van der Waals surface area contributed by atoms with Crippen molar-refractivity contribution in [2.24, 2.45) is 11.8 Å². The topological polar surface area (TPSA) is 49.3 Å². The van der Waals surface area contributed by atoms with Crippen molar-refractivity contribution in [2.45, 2.75) is 58.0 Å². The Morgan fingerprint density at radius 3 is 2.81 bits per heavy atom. The van der Waals surface area contributed by atoms with E-state index in [1.165, 1.54) is 43.4 Å². The van der Waals surface area contributed by atoms with Gasteiger partial charge in [0.2, 0.25) is 5.91 Å². The fourth-order valence-corrected chi connectivity index (χ4v) is 3.84. The molecule has 0 saturated heterocycles. The molecule has 1 unspecified atom stereocenters. The quantitative estimate of drug-likeness (QED) is 0.802. The first-order valence-corrected chi connectivity index (χ1v) is 9.07. The highest BCUT2D eigenvalue weighted by atomic mass is 32.1. The summed E-state index contributed by atoms with van der Waals surface area (Å²) in [5.41, 5.74) is 0. The zero-order valence-corrected chi connectivity index (χ0v) is 13.7. The van der Waals surface area contributed by atoms with Crippen LogP contribution in [0.1, 0.15) is 62.9 Å². The van der Waals surface area contributed by atoms with Crippen LogP contribution in [0.2, 0.25) is 0 Å². The normalized spacial score (nSPS) is 23.7. The third kappa shape index (κ3) is 5.11. The SMILES string of the molecule is CCCCC1CCC(C(=O)NCC(O)c2cccs2)CC1. The molecule has 0 aromatic carbocycles. The highest BCUT2D eigenvalue weighted by molar-refractivity contribution is 7.10. The summed E-state index contributed by atoms with van der Waals surface area (Å²) in [6, 6.07) is 3.82. The van der Waals surface area contributed by atoms with E-state index in [0.717, 1.165) is 23.6 Å². The molecule has 1 heterocycles. The number of thiophene rings is 1. The predicted molar refractivity (Wildman–Crippen MR) is 87.3 cm³/mol. The number of aliphatic hydroxyl groups is 1. The number of amides is 1. The number of nitrogens with one attached hydrogen (secondary N) is 1. The monoisotopic (exact) mass is 309 g/mol. The second-order valence-corrected chi connectivity index (χ2v) is 7.12. The van der Waals surface area contributed by atoms with Gasteiger partial charge >= 0.3 is 0 Å². The van der Waals surface area contributed by atoms with Gasteiger partial charge in [-0.25, -0.2) is 0 Å². The molecular formula is C17H27NO2S. The molecule has 0 spiro atoms. The second-order valence-electron chi connectivity index (χ2n) is 6.14. The van der Waals surface area contributed by atoms with Crippen LogP contribution in [0.3, 0.4) is 0 Å². The van der Waals surface area contributed by atoms with Crippen molar-refractivity contribution in [3.8, 4) is 0 Å². The summed E-state index contributed by atoms with van der Waals surface area (Å²) in [7, 11) is 0. The molecule has 1 aromatic heterocycles. The molecule has 4 heteroatoms. The van der Waals surface area contributed by atoms with E-state index in [-0.39, 0.29) is 11.8 Å². The molecule has 3 nitrogen and oxygen atoms in total. The fourth-order valence-electron chi connectivity index (χ4n) is 3.13. The molecule has 1 saturated carbocycles. The van der Waals surface area contributed by atoms with Gasteiger partial charge in [0.05, 0.1) is 0 Å². The van der Waals surface area contributed by atoms with Crippen LogP contribution >= 0.6 is 11.3 Å². The lowest BCUT2D eigenvalue weighted by atomic mass is 9.79. The van der Waals surface area contributed by atoms with Gasteiger partial charge in [-0.15, -0.1) is 11.3 Å². The van der Waals surface area contributed by atoms with Crippen LogP contribution in [-0.4, -0.2) is 17.6 Å². The minimum atomic E-state index is -0.574. The number of aliphatic hydroxyl groups excluding tert-OH is 1. The molecule has 0 aliphatic heterocycles. The maximum absolute atomic E-state index is 12.2. The Labute approximate surface area is 131 Å². The van der Waals surface area contributed by atoms with E-state index in [2.05, 4.69) is 12.2 Å². The third-order valence-electron chi connectivity index (χ3n) is 4.52. The standard InChI is InChI=1S/C17H27NO2S/c1-2-3-5-13-7-9-14(10-8-13)17(20)18-12-15(19)16-6-4-11-21-16/h4,6,11,13-15,19H,2-3,5,7-10,12H2,1H3,(H,18,20). The van der Waals surface area contributed by atoms with Gasteiger partial charge in [0.25, 0.3) is 0 Å². The van der Waals surface area contributed by atoms with Crippen LogP contribution in [0.4, 0.5) is 0 Å². The van der Waals surface area contributed by atoms with Crippen LogP contribution in [0.5, 0.6) is 0 Å². The van der Waals surface area contributed by atoms with Crippen LogP contribution in [0.15, 0.2) is 17.5 Å². The summed E-state index contributed by atoms with van der Waals surface area (Å²) < 4.78 is 0. The predicted octanol–water partition coefficient (Wildman–Crippen LogP) is 3.89. The summed E-state index contributed by atoms with van der Waals surface area (Å²) >= 11 is 1.52. The highest BCUT2D eigenvalue weighted by Crippen LogP contribution is 2.32. The van der Waals surface area contributed by atoms with E-state index in [1.807, 2.05) is 17.5 Å². The van der Waals surface area contributed by atoms with E-state index >= 15 is 0 Å². The van der Waals surface area contributed by atoms with Gasteiger partial charge in [-0.2, -0.15) is 0 Å². The van der Waals surface area contributed by atoms with Gasteiger partial charge in [0.15, 0.2) is 0 Å². The average Bonchev–Trinajstić information content (AvgIpc) is 3.05. The molecule has 1 atom stereocenters. The van der Waals surface area contributed by atoms with E-state index in [1.54, 1.807) is 0 Å². The summed E-state index contributed by atoms with van der Waals surface area (Å²) in [4.78, 5) is 13.1. The first-order chi connectivity index (χ1) is 10.2. The van der Waals surface area contributed by atoms with Gasteiger partial charge in [-0.1, -0.05) is 32.3 Å². The lowest BCUT2D eigenvalue weighted by Gasteiger charge is -2.28. The molecular weight excluding hydrogens is 282 g/mol. The van der Waals surface area contributed by atoms with Gasteiger partial charge in [0.1, 0.15) is 6.10 Å². The highest BCUT2D eigenvalue weighted by Gasteiger charge is 2.26. The maximum Gasteiger partial charge on any atom is 0.223 e. The van der Waals surface area contributed by atoms with Crippen molar-refractivity contribution >= 4 is 17.2 Å². The summed E-state index contributed by atoms with van der Waals surface area (Å²) in [5, 5.41) is 14.9. The van der Waals surface area contributed by atoms with E-state index in [9.17, 15) is 9.90 Å². The van der Waals surface area contributed by atoms with Crippen molar-refractivity contribution in [3.63, 3.8) is 0 Å². The summed E-state index contributed by atoms with van der Waals surface area (Å²) in [6.45, 7) is 2.56. The van der Waals surface area contributed by atoms with E-state index < -0.39 is 6.10 Å². The van der Waals surface area contributed by atoms with Gasteiger partial charge < -0.3 is 10.4 Å². The Kier molecular flexibility index (Phi) is 6.71. The molecule has 2 N–H and O–H groups in total. The van der Waals surface area contributed by atoms with Gasteiger partial charge in [0, 0.05) is 17.3 Å². The fraction of sp³-hybridized carbons (Fsp3) is 0.706. The summed E-state index contributed by atoms with van der Waals surface area (Å²) in [6.07, 6.45) is 7.72. The number of rotatable bonds is 7. The molecule has 21 heavy (non-hydrogen) atoms. The number of carbonyl (C=O) groups excluding carboxylic acids is 1. The molecule has 1 fully saturated rings. The first kappa shape index (κ1) is 16.5. The zero-order valence-electron chi connectivity index (χ0n) is 12.9. The average molecular weight is 309 g/mol. The van der Waals surface area contributed by atoms with E-state index in [4.69, 9.17) is 0 Å². The van der Waals surface area contributed by atoms with Gasteiger partial charge in [-0.3, -0.25) is 4.79 Å². The first-order valence-electron chi connectivity index (χ1n) is 8.19. The molecule has 118 valence electrons. The van der Waals surface area contributed by atoms with Crippen LogP contribution in [0, 0.1) is 11.8 Å². The second kappa shape index (κ2) is 8.54. The van der Waals surface area contributed by atoms with Crippen molar-refractivity contribution in [2.75, 3.05) is 6.54 Å². The van der Waals surface area contributed by atoms with Crippen molar-refractivity contribution < 1.29 is 9.90 Å². The van der Waals surface area contributed by atoms with Crippen molar-refractivity contribution in [3.05, 3.63) is 22.4 Å². The smallest absolute Gasteiger partial charge is 0.223 e. The molecule has 1 amide bonds. The van der Waals surface area contributed by atoms with Gasteiger partial charge in [-0.05, 0) is 43.0 Å². The number of hydrogen-bond acceptors (Lipinski definition) is 3. The van der Waals surface area contributed by atoms with Crippen LogP contribution in [0.25, 0.3) is 0 Å². The lowest BCUT2D eigenvalue weighted by Crippen LogP contribution is -2.35. The van der Waals surface area contributed by atoms with Crippen LogP contribution in [-0.2, 0) is 4.79 Å². The molecule has 1 aliphatic rings. The Hall–Kier alpha value is -0.870.